The number of benzene rings is 1. The maximum Gasteiger partial charge on any atom is 0.328 e. The summed E-state index contributed by atoms with van der Waals surface area (Å²) in [6.45, 7) is 12.6. The van der Waals surface area contributed by atoms with Gasteiger partial charge in [0.2, 0.25) is 11.8 Å². The van der Waals surface area contributed by atoms with Crippen LogP contribution in [0.15, 0.2) is 30.3 Å². The van der Waals surface area contributed by atoms with Gasteiger partial charge in [-0.25, -0.2) is 9.59 Å². The van der Waals surface area contributed by atoms with Crippen LogP contribution in [0.5, 0.6) is 0 Å². The van der Waals surface area contributed by atoms with Crippen molar-refractivity contribution in [2.24, 2.45) is 5.92 Å². The Hall–Kier alpha value is -3.14. The Bertz CT molecular complexity index is 838. The van der Waals surface area contributed by atoms with Crippen LogP contribution in [0.1, 0.15) is 54.9 Å². The molecule has 0 spiro atoms. The highest BCUT2D eigenvalue weighted by Crippen LogP contribution is 2.10. The Morgan fingerprint density at radius 3 is 2.03 bits per heavy atom. The first-order chi connectivity index (χ1) is 16.3. The first-order valence-corrected chi connectivity index (χ1v) is 11.9. The minimum Gasteiger partial charge on any atom is -0.464 e. The van der Waals surface area contributed by atoms with Gasteiger partial charge in [-0.3, -0.25) is 9.59 Å². The van der Waals surface area contributed by atoms with Crippen LogP contribution in [0.2, 0.25) is 0 Å². The number of esters is 1. The van der Waals surface area contributed by atoms with Gasteiger partial charge >= 0.3 is 12.0 Å². The average molecular weight is 493 g/mol. The van der Waals surface area contributed by atoms with Gasteiger partial charge in [0.15, 0.2) is 0 Å². The molecule has 0 aliphatic carbocycles. The van der Waals surface area contributed by atoms with Crippen molar-refractivity contribution in [3.8, 4) is 0 Å². The van der Waals surface area contributed by atoms with Crippen LogP contribution < -0.4 is 21.3 Å². The summed E-state index contributed by atoms with van der Waals surface area (Å²) in [5.74, 6) is -1.59. The molecule has 0 saturated heterocycles. The Kier molecular flexibility index (Phi) is 12.2. The lowest BCUT2D eigenvalue weighted by atomic mass is 10.0. The van der Waals surface area contributed by atoms with E-state index < -0.39 is 47.5 Å². The minimum absolute atomic E-state index is 0.0718. The maximum atomic E-state index is 13.2. The number of urea groups is 1. The van der Waals surface area contributed by atoms with E-state index in [0.717, 1.165) is 0 Å². The fourth-order valence-corrected chi connectivity index (χ4v) is 2.98. The molecule has 0 aliphatic rings. The second-order valence-electron chi connectivity index (χ2n) is 9.61. The SMILES string of the molecule is CCOC(=O)[C@H](C)NC(=O)[C@H](CC(C)C)NC(=O)[C@H](COC(C)(C)C)NC(=O)Nc1ccccc1. The zero-order valence-electron chi connectivity index (χ0n) is 21.8. The third-order valence-electron chi connectivity index (χ3n) is 4.68. The second kappa shape index (κ2) is 14.3. The maximum absolute atomic E-state index is 13.2. The first kappa shape index (κ1) is 29.9. The molecular formula is C25H40N4O6. The Balaban J connectivity index is 2.95. The minimum atomic E-state index is -1.07. The molecule has 10 heteroatoms. The van der Waals surface area contributed by atoms with E-state index in [-0.39, 0.29) is 19.1 Å². The molecule has 1 aromatic rings. The normalized spacial score (nSPS) is 13.8. The summed E-state index contributed by atoms with van der Waals surface area (Å²) in [4.78, 5) is 50.5. The fourth-order valence-electron chi connectivity index (χ4n) is 2.98. The van der Waals surface area contributed by atoms with E-state index in [9.17, 15) is 19.2 Å². The van der Waals surface area contributed by atoms with Crippen molar-refractivity contribution in [3.63, 3.8) is 0 Å². The van der Waals surface area contributed by atoms with E-state index in [2.05, 4.69) is 21.3 Å². The van der Waals surface area contributed by atoms with Gasteiger partial charge in [0.25, 0.3) is 0 Å². The van der Waals surface area contributed by atoms with Gasteiger partial charge in [-0.2, -0.15) is 0 Å². The summed E-state index contributed by atoms with van der Waals surface area (Å²) in [6, 6.07) is 5.35. The summed E-state index contributed by atoms with van der Waals surface area (Å²) in [7, 11) is 0. The lowest BCUT2D eigenvalue weighted by Crippen LogP contribution is -2.57. The molecular weight excluding hydrogens is 452 g/mol. The number of carbonyl (C=O) groups is 4. The predicted molar refractivity (Wildman–Crippen MR) is 134 cm³/mol. The predicted octanol–water partition coefficient (Wildman–Crippen LogP) is 2.59. The van der Waals surface area contributed by atoms with Gasteiger partial charge in [-0.1, -0.05) is 32.0 Å². The molecule has 0 aliphatic heterocycles. The van der Waals surface area contributed by atoms with Crippen molar-refractivity contribution in [2.45, 2.75) is 78.6 Å². The number of carbonyl (C=O) groups excluding carboxylic acids is 4. The second-order valence-corrected chi connectivity index (χ2v) is 9.61. The highest BCUT2D eigenvalue weighted by atomic mass is 16.5. The average Bonchev–Trinajstić information content (AvgIpc) is 2.75. The van der Waals surface area contributed by atoms with E-state index in [1.807, 2.05) is 40.7 Å². The molecule has 0 heterocycles. The number of anilines is 1. The smallest absolute Gasteiger partial charge is 0.328 e. The molecule has 0 fully saturated rings. The number of nitrogens with one attached hydrogen (secondary N) is 4. The molecule has 4 N–H and O–H groups in total. The lowest BCUT2D eigenvalue weighted by Gasteiger charge is -2.27. The molecule has 1 aromatic carbocycles. The Morgan fingerprint density at radius 2 is 1.49 bits per heavy atom. The Morgan fingerprint density at radius 1 is 0.886 bits per heavy atom. The quantitative estimate of drug-likeness (QED) is 0.331. The number of ether oxygens (including phenoxy) is 2. The third-order valence-corrected chi connectivity index (χ3v) is 4.68. The van der Waals surface area contributed by atoms with Gasteiger partial charge < -0.3 is 30.7 Å². The van der Waals surface area contributed by atoms with Crippen molar-refractivity contribution in [3.05, 3.63) is 30.3 Å². The number of hydrogen-bond acceptors (Lipinski definition) is 6. The molecule has 0 unspecified atom stereocenters. The van der Waals surface area contributed by atoms with Crippen LogP contribution in [0.25, 0.3) is 0 Å². The van der Waals surface area contributed by atoms with Gasteiger partial charge in [-0.05, 0) is 59.1 Å². The molecule has 3 atom stereocenters. The first-order valence-electron chi connectivity index (χ1n) is 11.9. The molecule has 10 nitrogen and oxygen atoms in total. The highest BCUT2D eigenvalue weighted by molar-refractivity contribution is 5.96. The van der Waals surface area contributed by atoms with Gasteiger partial charge in [0.1, 0.15) is 18.1 Å². The van der Waals surface area contributed by atoms with E-state index in [0.29, 0.717) is 12.1 Å². The monoisotopic (exact) mass is 492 g/mol. The van der Waals surface area contributed by atoms with Crippen molar-refractivity contribution in [1.82, 2.24) is 16.0 Å². The summed E-state index contributed by atoms with van der Waals surface area (Å²) in [5.41, 5.74) is 0.00537. The van der Waals surface area contributed by atoms with E-state index in [1.54, 1.807) is 31.2 Å². The van der Waals surface area contributed by atoms with E-state index in [1.165, 1.54) is 6.92 Å². The van der Waals surface area contributed by atoms with Gasteiger partial charge in [0, 0.05) is 5.69 Å². The molecule has 0 aromatic heterocycles. The van der Waals surface area contributed by atoms with Crippen LogP contribution in [0.4, 0.5) is 10.5 Å². The topological polar surface area (TPSA) is 135 Å². The van der Waals surface area contributed by atoms with Crippen LogP contribution in [0, 0.1) is 5.92 Å². The van der Waals surface area contributed by atoms with Gasteiger partial charge in [-0.15, -0.1) is 0 Å². The van der Waals surface area contributed by atoms with Crippen molar-refractivity contribution < 1.29 is 28.7 Å². The van der Waals surface area contributed by atoms with Crippen LogP contribution in [0.3, 0.4) is 0 Å². The number of rotatable bonds is 12. The summed E-state index contributed by atoms with van der Waals surface area (Å²) < 4.78 is 10.7. The zero-order chi connectivity index (χ0) is 26.6. The largest absolute Gasteiger partial charge is 0.464 e. The van der Waals surface area contributed by atoms with E-state index >= 15 is 0 Å². The number of para-hydroxylation sites is 1. The molecule has 35 heavy (non-hydrogen) atoms. The molecule has 0 radical (unpaired) electrons. The number of amides is 4. The fraction of sp³-hybridized carbons (Fsp3) is 0.600. The molecule has 0 bridgehead atoms. The van der Waals surface area contributed by atoms with Crippen LogP contribution in [-0.4, -0.2) is 60.8 Å². The lowest BCUT2D eigenvalue weighted by molar-refractivity contribution is -0.147. The zero-order valence-corrected chi connectivity index (χ0v) is 21.8. The van der Waals surface area contributed by atoms with Crippen LogP contribution in [-0.2, 0) is 23.9 Å². The summed E-state index contributed by atoms with van der Waals surface area (Å²) in [6.07, 6.45) is 0.330. The summed E-state index contributed by atoms with van der Waals surface area (Å²) >= 11 is 0. The Labute approximate surface area is 207 Å². The van der Waals surface area contributed by atoms with Crippen LogP contribution >= 0.6 is 0 Å². The van der Waals surface area contributed by atoms with Crippen molar-refractivity contribution in [2.75, 3.05) is 18.5 Å². The molecule has 0 saturated carbocycles. The third kappa shape index (κ3) is 12.2. The number of hydrogen-bond donors (Lipinski definition) is 4. The highest BCUT2D eigenvalue weighted by Gasteiger charge is 2.30. The van der Waals surface area contributed by atoms with Crippen molar-refractivity contribution in [1.29, 1.82) is 0 Å². The molecule has 196 valence electrons. The van der Waals surface area contributed by atoms with Gasteiger partial charge in [0.05, 0.1) is 18.8 Å². The van der Waals surface area contributed by atoms with E-state index in [4.69, 9.17) is 9.47 Å². The molecule has 1 rings (SSSR count). The standard InChI is InChI=1S/C25H40N4O6/c1-8-34-23(32)17(4)26-21(30)19(14-16(2)3)28-22(31)20(15-35-25(5,6)7)29-24(33)27-18-12-10-9-11-13-18/h9-13,16-17,19-20H,8,14-15H2,1-7H3,(H,26,30)(H,28,31)(H2,27,29,33)/t17-,19-,20-/m0/s1. The molecule has 4 amide bonds. The summed E-state index contributed by atoms with van der Waals surface area (Å²) in [5, 5.41) is 10.6. The van der Waals surface area contributed by atoms with Crippen molar-refractivity contribution >= 4 is 29.5 Å².